The van der Waals surface area contributed by atoms with Gasteiger partial charge in [-0.25, -0.2) is 0 Å². The van der Waals surface area contributed by atoms with E-state index in [2.05, 4.69) is 13.8 Å². The van der Waals surface area contributed by atoms with Crippen LogP contribution >= 0.6 is 0 Å². The minimum atomic E-state index is 0.0139. The first-order chi connectivity index (χ1) is 13.1. The molecule has 1 aliphatic rings. The van der Waals surface area contributed by atoms with Crippen molar-refractivity contribution in [2.75, 3.05) is 34.7 Å². The fourth-order valence-corrected chi connectivity index (χ4v) is 3.15. The van der Waals surface area contributed by atoms with Crippen LogP contribution in [0.15, 0.2) is 24.3 Å². The van der Waals surface area contributed by atoms with Gasteiger partial charge in [-0.3, -0.25) is 0 Å². The molecule has 0 radical (unpaired) electrons. The SMILES string of the molecule is CCCOc1cc2c(cc1[C@H](C)c1cc(OC)c(OC)c(OC)c1)OCO2. The molecule has 1 atom stereocenters. The average molecular weight is 374 g/mol. The Kier molecular flexibility index (Phi) is 5.84. The minimum absolute atomic E-state index is 0.0139. The zero-order valence-electron chi connectivity index (χ0n) is 16.5. The van der Waals surface area contributed by atoms with Crippen LogP contribution in [0.5, 0.6) is 34.5 Å². The monoisotopic (exact) mass is 374 g/mol. The summed E-state index contributed by atoms with van der Waals surface area (Å²) < 4.78 is 33.5. The number of ether oxygens (including phenoxy) is 6. The lowest BCUT2D eigenvalue weighted by atomic mass is 9.91. The van der Waals surface area contributed by atoms with Crippen LogP contribution in [0, 0.1) is 0 Å². The van der Waals surface area contributed by atoms with Gasteiger partial charge in [-0.1, -0.05) is 13.8 Å². The van der Waals surface area contributed by atoms with Crippen molar-refractivity contribution in [2.45, 2.75) is 26.2 Å². The minimum Gasteiger partial charge on any atom is -0.493 e. The maximum Gasteiger partial charge on any atom is 0.231 e. The molecule has 0 spiro atoms. The van der Waals surface area contributed by atoms with Crippen molar-refractivity contribution in [3.63, 3.8) is 0 Å². The molecule has 2 aromatic rings. The van der Waals surface area contributed by atoms with Crippen molar-refractivity contribution in [1.82, 2.24) is 0 Å². The number of hydrogen-bond acceptors (Lipinski definition) is 6. The molecular weight excluding hydrogens is 348 g/mol. The largest absolute Gasteiger partial charge is 0.493 e. The molecule has 6 heteroatoms. The van der Waals surface area contributed by atoms with Crippen molar-refractivity contribution >= 4 is 0 Å². The van der Waals surface area contributed by atoms with Crippen molar-refractivity contribution in [2.24, 2.45) is 0 Å². The van der Waals surface area contributed by atoms with Gasteiger partial charge in [-0.2, -0.15) is 0 Å². The Morgan fingerprint density at radius 1 is 0.889 bits per heavy atom. The van der Waals surface area contributed by atoms with Gasteiger partial charge in [0.1, 0.15) is 5.75 Å². The highest BCUT2D eigenvalue weighted by molar-refractivity contribution is 5.58. The molecule has 0 unspecified atom stereocenters. The molecule has 0 bridgehead atoms. The van der Waals surface area contributed by atoms with E-state index in [4.69, 9.17) is 28.4 Å². The summed E-state index contributed by atoms with van der Waals surface area (Å²) in [7, 11) is 4.82. The van der Waals surface area contributed by atoms with Gasteiger partial charge in [0.2, 0.25) is 12.5 Å². The van der Waals surface area contributed by atoms with E-state index in [1.54, 1.807) is 21.3 Å². The van der Waals surface area contributed by atoms with E-state index in [1.807, 2.05) is 24.3 Å². The topological polar surface area (TPSA) is 55.4 Å². The molecule has 0 aromatic heterocycles. The van der Waals surface area contributed by atoms with Crippen LogP contribution < -0.4 is 28.4 Å². The Morgan fingerprint density at radius 2 is 1.52 bits per heavy atom. The summed E-state index contributed by atoms with van der Waals surface area (Å²) in [6.07, 6.45) is 0.923. The molecule has 3 rings (SSSR count). The van der Waals surface area contributed by atoms with Crippen LogP contribution in [0.25, 0.3) is 0 Å². The number of benzene rings is 2. The Hall–Kier alpha value is -2.76. The summed E-state index contributed by atoms with van der Waals surface area (Å²) in [6, 6.07) is 7.81. The van der Waals surface area contributed by atoms with Crippen molar-refractivity contribution < 1.29 is 28.4 Å². The summed E-state index contributed by atoms with van der Waals surface area (Å²) in [5, 5.41) is 0. The number of methoxy groups -OCH3 is 3. The van der Waals surface area contributed by atoms with Gasteiger partial charge in [0, 0.05) is 17.5 Å². The number of hydrogen-bond donors (Lipinski definition) is 0. The van der Waals surface area contributed by atoms with Gasteiger partial charge in [-0.05, 0) is 30.2 Å². The van der Waals surface area contributed by atoms with Crippen LogP contribution in [0.3, 0.4) is 0 Å². The Labute approximate surface area is 159 Å². The van der Waals surface area contributed by atoms with Gasteiger partial charge in [0.25, 0.3) is 0 Å². The summed E-state index contributed by atoms with van der Waals surface area (Å²) in [4.78, 5) is 0. The summed E-state index contributed by atoms with van der Waals surface area (Å²) in [6.45, 7) is 5.05. The van der Waals surface area contributed by atoms with Crippen LogP contribution in [-0.2, 0) is 0 Å². The fourth-order valence-electron chi connectivity index (χ4n) is 3.15. The summed E-state index contributed by atoms with van der Waals surface area (Å²) >= 11 is 0. The number of rotatable bonds is 8. The fraction of sp³-hybridized carbons (Fsp3) is 0.429. The lowest BCUT2D eigenvalue weighted by molar-refractivity contribution is 0.173. The molecule has 0 N–H and O–H groups in total. The Bertz CT molecular complexity index is 776. The molecular formula is C21H26O6. The maximum atomic E-state index is 5.99. The Balaban J connectivity index is 2.06. The molecule has 0 saturated heterocycles. The van der Waals surface area contributed by atoms with Crippen LogP contribution in [-0.4, -0.2) is 34.7 Å². The first-order valence-electron chi connectivity index (χ1n) is 8.99. The first-order valence-corrected chi connectivity index (χ1v) is 8.99. The molecule has 0 saturated carbocycles. The summed E-state index contributed by atoms with van der Waals surface area (Å²) in [5.74, 6) is 4.06. The molecule has 6 nitrogen and oxygen atoms in total. The lowest BCUT2D eigenvalue weighted by Gasteiger charge is -2.20. The molecule has 27 heavy (non-hydrogen) atoms. The quantitative estimate of drug-likeness (QED) is 0.683. The highest BCUT2D eigenvalue weighted by atomic mass is 16.7. The van der Waals surface area contributed by atoms with E-state index in [-0.39, 0.29) is 12.7 Å². The Morgan fingerprint density at radius 3 is 2.07 bits per heavy atom. The molecule has 1 aliphatic heterocycles. The first kappa shape index (κ1) is 19.0. The van der Waals surface area contributed by atoms with Gasteiger partial charge in [0.05, 0.1) is 27.9 Å². The van der Waals surface area contributed by atoms with Gasteiger partial charge < -0.3 is 28.4 Å². The highest BCUT2D eigenvalue weighted by Gasteiger charge is 2.24. The van der Waals surface area contributed by atoms with Crippen LogP contribution in [0.2, 0.25) is 0 Å². The van der Waals surface area contributed by atoms with E-state index >= 15 is 0 Å². The van der Waals surface area contributed by atoms with E-state index in [0.29, 0.717) is 29.6 Å². The zero-order chi connectivity index (χ0) is 19.4. The average Bonchev–Trinajstić information content (AvgIpc) is 3.17. The summed E-state index contributed by atoms with van der Waals surface area (Å²) in [5.41, 5.74) is 2.03. The smallest absolute Gasteiger partial charge is 0.231 e. The predicted octanol–water partition coefficient (Wildman–Crippen LogP) is 4.38. The zero-order valence-corrected chi connectivity index (χ0v) is 16.5. The second kappa shape index (κ2) is 8.29. The second-order valence-corrected chi connectivity index (χ2v) is 6.27. The number of fused-ring (bicyclic) bond motifs is 1. The third-order valence-electron chi connectivity index (χ3n) is 4.62. The van der Waals surface area contributed by atoms with Gasteiger partial charge in [0.15, 0.2) is 23.0 Å². The van der Waals surface area contributed by atoms with Gasteiger partial charge in [-0.15, -0.1) is 0 Å². The van der Waals surface area contributed by atoms with Gasteiger partial charge >= 0.3 is 0 Å². The van der Waals surface area contributed by atoms with Crippen LogP contribution in [0.4, 0.5) is 0 Å². The standard InChI is InChI=1S/C21H26O6/c1-6-7-25-16-11-18-17(26-12-27-18)10-15(16)13(2)14-8-19(22-3)21(24-5)20(9-14)23-4/h8-11,13H,6-7,12H2,1-5H3/t13-/m1/s1. The highest BCUT2D eigenvalue weighted by Crippen LogP contribution is 2.45. The van der Waals surface area contributed by atoms with Crippen LogP contribution in [0.1, 0.15) is 37.3 Å². The van der Waals surface area contributed by atoms with E-state index < -0.39 is 0 Å². The second-order valence-electron chi connectivity index (χ2n) is 6.27. The van der Waals surface area contributed by atoms with E-state index in [0.717, 1.165) is 29.0 Å². The molecule has 146 valence electrons. The maximum absolute atomic E-state index is 5.99. The lowest BCUT2D eigenvalue weighted by Crippen LogP contribution is -2.04. The molecule has 2 aromatic carbocycles. The third kappa shape index (κ3) is 3.70. The molecule has 0 amide bonds. The van der Waals surface area contributed by atoms with Crippen molar-refractivity contribution in [3.8, 4) is 34.5 Å². The van der Waals surface area contributed by atoms with Crippen molar-refractivity contribution in [1.29, 1.82) is 0 Å². The normalized spacial score (nSPS) is 13.2. The molecule has 1 heterocycles. The van der Waals surface area contributed by atoms with Crippen molar-refractivity contribution in [3.05, 3.63) is 35.4 Å². The predicted molar refractivity (Wildman–Crippen MR) is 102 cm³/mol. The molecule has 0 aliphatic carbocycles. The van der Waals surface area contributed by atoms with E-state index in [9.17, 15) is 0 Å². The molecule has 0 fully saturated rings. The third-order valence-corrected chi connectivity index (χ3v) is 4.62. The van der Waals surface area contributed by atoms with E-state index in [1.165, 1.54) is 0 Å².